The van der Waals surface area contributed by atoms with E-state index in [1.807, 2.05) is 42.5 Å². The number of benzene rings is 4. The standard InChI is InChI=1S/C38H36N2O10S/c1-45-30-13-22(14-31(46-2)35(30)42)32-24-15-28-29(50-19-49-28)16-25(24)34(26-18-47-37(51)33(26)32)40-36(43)27(12-20-8-10-23(41)11-9-20)39-38(44)48-17-21-6-4-3-5-7-21/h3-11,13-16,26-27,32-34,41-42H,12,17-19H2,1-2H3,(H,39,44)(H,40,43)/t26-,27-,32+,33-,34+/m0/s1. The number of carbonyl (C=O) groups is 2. The summed E-state index contributed by atoms with van der Waals surface area (Å²) in [5.74, 6) is -0.117. The molecule has 0 spiro atoms. The molecule has 1 saturated heterocycles. The van der Waals surface area contributed by atoms with E-state index in [-0.39, 0.29) is 55.3 Å². The SMILES string of the molecule is COc1cc([C@@H]2c3cc4c(cc3[C@@H](NC(=O)[C@H](Cc3ccc(O)cc3)NC(=O)OCc3ccccc3)[C@H]3COC(=S)[C@H]23)OCO4)cc(OC)c1O. The van der Waals surface area contributed by atoms with E-state index in [0.29, 0.717) is 22.1 Å². The average Bonchev–Trinajstić information content (AvgIpc) is 3.77. The Morgan fingerprint density at radius 1 is 0.882 bits per heavy atom. The number of aromatic hydroxyl groups is 2. The highest BCUT2D eigenvalue weighted by Crippen LogP contribution is 2.55. The van der Waals surface area contributed by atoms with Crippen LogP contribution in [0.25, 0.3) is 0 Å². The van der Waals surface area contributed by atoms with Crippen molar-refractivity contribution >= 4 is 29.3 Å². The second-order valence-corrected chi connectivity index (χ2v) is 12.9. The smallest absolute Gasteiger partial charge is 0.408 e. The lowest BCUT2D eigenvalue weighted by Gasteiger charge is -2.40. The fraction of sp³-hybridized carbons (Fsp3) is 0.289. The van der Waals surface area contributed by atoms with Gasteiger partial charge in [-0.2, -0.15) is 0 Å². The number of rotatable bonds is 10. The molecule has 264 valence electrons. The second kappa shape index (κ2) is 14.3. The van der Waals surface area contributed by atoms with Crippen LogP contribution in [0.1, 0.15) is 39.8 Å². The summed E-state index contributed by atoms with van der Waals surface area (Å²) in [6, 6.07) is 21.2. The zero-order valence-electron chi connectivity index (χ0n) is 27.8. The first-order valence-corrected chi connectivity index (χ1v) is 16.7. The molecule has 0 unspecified atom stereocenters. The number of phenolic OH excluding ortho intramolecular Hbond substituents is 2. The predicted molar refractivity (Wildman–Crippen MR) is 187 cm³/mol. The molecule has 13 heteroatoms. The number of hydrogen-bond donors (Lipinski definition) is 4. The van der Waals surface area contributed by atoms with Gasteiger partial charge in [-0.3, -0.25) is 4.79 Å². The van der Waals surface area contributed by atoms with E-state index in [0.717, 1.165) is 22.3 Å². The third-order valence-electron chi connectivity index (χ3n) is 9.54. The van der Waals surface area contributed by atoms with Gasteiger partial charge in [-0.05, 0) is 76.4 Å². The first-order valence-electron chi connectivity index (χ1n) is 16.3. The number of methoxy groups -OCH3 is 2. The van der Waals surface area contributed by atoms with Gasteiger partial charge in [0.15, 0.2) is 28.0 Å². The van der Waals surface area contributed by atoms with E-state index in [1.165, 1.54) is 26.4 Å². The largest absolute Gasteiger partial charge is 0.508 e. The van der Waals surface area contributed by atoms with Gasteiger partial charge < -0.3 is 49.3 Å². The van der Waals surface area contributed by atoms with Crippen molar-refractivity contribution < 1.29 is 48.2 Å². The molecular formula is C38H36N2O10S. The lowest BCUT2D eigenvalue weighted by molar-refractivity contribution is -0.124. The monoisotopic (exact) mass is 712 g/mol. The Hall–Kier alpha value is -5.69. The molecule has 0 saturated carbocycles. The molecule has 1 aliphatic carbocycles. The molecule has 0 aromatic heterocycles. The molecule has 2 amide bonds. The zero-order chi connectivity index (χ0) is 35.6. The van der Waals surface area contributed by atoms with Crippen molar-refractivity contribution in [3.63, 3.8) is 0 Å². The summed E-state index contributed by atoms with van der Waals surface area (Å²) in [6.07, 6.45) is -0.643. The Bertz CT molecular complexity index is 1930. The van der Waals surface area contributed by atoms with E-state index in [4.69, 9.17) is 40.6 Å². The van der Waals surface area contributed by atoms with Gasteiger partial charge >= 0.3 is 6.09 Å². The number of carbonyl (C=O) groups excluding carboxylic acids is 2. The molecule has 5 atom stereocenters. The summed E-state index contributed by atoms with van der Waals surface area (Å²) in [6.45, 7) is 0.287. The molecule has 0 bridgehead atoms. The van der Waals surface area contributed by atoms with Gasteiger partial charge in [0.25, 0.3) is 0 Å². The number of thiocarbonyl (C=S) groups is 1. The molecule has 7 rings (SSSR count). The lowest BCUT2D eigenvalue weighted by Crippen LogP contribution is -2.51. The summed E-state index contributed by atoms with van der Waals surface area (Å²) >= 11 is 5.82. The van der Waals surface area contributed by atoms with Gasteiger partial charge in [-0.1, -0.05) is 42.5 Å². The summed E-state index contributed by atoms with van der Waals surface area (Å²) in [4.78, 5) is 27.4. The molecule has 2 heterocycles. The Kier molecular flexibility index (Phi) is 9.46. The lowest BCUT2D eigenvalue weighted by atomic mass is 9.65. The van der Waals surface area contributed by atoms with E-state index < -0.39 is 35.9 Å². The van der Waals surface area contributed by atoms with Gasteiger partial charge in [0.05, 0.1) is 26.9 Å². The molecule has 12 nitrogen and oxygen atoms in total. The number of hydrogen-bond acceptors (Lipinski definition) is 11. The summed E-state index contributed by atoms with van der Waals surface area (Å²) in [5.41, 5.74) is 3.82. The minimum absolute atomic E-state index is 0.0240. The van der Waals surface area contributed by atoms with Crippen molar-refractivity contribution in [2.45, 2.75) is 31.0 Å². The fourth-order valence-electron chi connectivity index (χ4n) is 7.08. The molecule has 4 N–H and O–H groups in total. The van der Waals surface area contributed by atoms with Crippen molar-refractivity contribution in [1.29, 1.82) is 0 Å². The highest BCUT2D eigenvalue weighted by Gasteiger charge is 2.51. The van der Waals surface area contributed by atoms with Crippen LogP contribution in [-0.2, 0) is 27.3 Å². The number of phenols is 2. The fourth-order valence-corrected chi connectivity index (χ4v) is 7.46. The van der Waals surface area contributed by atoms with Gasteiger partial charge in [-0.25, -0.2) is 4.79 Å². The summed E-state index contributed by atoms with van der Waals surface area (Å²) in [5, 5.41) is 26.9. The minimum Gasteiger partial charge on any atom is -0.508 e. The molecule has 2 aliphatic heterocycles. The first-order chi connectivity index (χ1) is 24.7. The third kappa shape index (κ3) is 6.76. The normalized spacial score (nSPS) is 20.3. The summed E-state index contributed by atoms with van der Waals surface area (Å²) in [7, 11) is 2.92. The maximum Gasteiger partial charge on any atom is 0.408 e. The third-order valence-corrected chi connectivity index (χ3v) is 9.93. The second-order valence-electron chi connectivity index (χ2n) is 12.5. The molecule has 3 aliphatic rings. The van der Waals surface area contributed by atoms with E-state index in [9.17, 15) is 19.8 Å². The van der Waals surface area contributed by atoms with E-state index in [1.54, 1.807) is 24.3 Å². The van der Waals surface area contributed by atoms with Crippen LogP contribution in [0.15, 0.2) is 78.9 Å². The minimum atomic E-state index is -1.05. The van der Waals surface area contributed by atoms with Crippen LogP contribution in [-0.4, -0.2) is 60.9 Å². The van der Waals surface area contributed by atoms with Crippen LogP contribution in [0.3, 0.4) is 0 Å². The topological polar surface area (TPSA) is 154 Å². The van der Waals surface area contributed by atoms with E-state index >= 15 is 0 Å². The number of alkyl carbamates (subject to hydrolysis) is 1. The van der Waals surface area contributed by atoms with Gasteiger partial charge in [0.2, 0.25) is 18.4 Å². The van der Waals surface area contributed by atoms with E-state index in [2.05, 4.69) is 10.6 Å². The molecule has 4 aromatic carbocycles. The van der Waals surface area contributed by atoms with Crippen molar-refractivity contribution in [1.82, 2.24) is 10.6 Å². The molecular weight excluding hydrogens is 676 g/mol. The van der Waals surface area contributed by atoms with Crippen LogP contribution in [0.4, 0.5) is 4.79 Å². The number of ether oxygens (including phenoxy) is 6. The van der Waals surface area contributed by atoms with Crippen molar-refractivity contribution in [2.75, 3.05) is 27.6 Å². The average molecular weight is 713 g/mol. The predicted octanol–water partition coefficient (Wildman–Crippen LogP) is 5.27. The van der Waals surface area contributed by atoms with Gasteiger partial charge in [0.1, 0.15) is 18.4 Å². The Balaban J connectivity index is 1.24. The van der Waals surface area contributed by atoms with Crippen LogP contribution >= 0.6 is 12.2 Å². The molecule has 0 radical (unpaired) electrons. The molecule has 51 heavy (non-hydrogen) atoms. The van der Waals surface area contributed by atoms with Crippen LogP contribution < -0.4 is 29.6 Å². The maximum atomic E-state index is 14.3. The molecule has 4 aromatic rings. The highest BCUT2D eigenvalue weighted by molar-refractivity contribution is 7.80. The van der Waals surface area contributed by atoms with Crippen LogP contribution in [0.5, 0.6) is 34.5 Å². The molecule has 1 fully saturated rings. The number of fused-ring (bicyclic) bond motifs is 3. The quantitative estimate of drug-likeness (QED) is 0.159. The van der Waals surface area contributed by atoms with Crippen LogP contribution in [0.2, 0.25) is 0 Å². The van der Waals surface area contributed by atoms with Crippen molar-refractivity contribution in [3.05, 3.63) is 107 Å². The Morgan fingerprint density at radius 2 is 1.55 bits per heavy atom. The van der Waals surface area contributed by atoms with Crippen molar-refractivity contribution in [2.24, 2.45) is 11.8 Å². The summed E-state index contributed by atoms with van der Waals surface area (Å²) < 4.78 is 34.1. The zero-order valence-corrected chi connectivity index (χ0v) is 28.6. The van der Waals surface area contributed by atoms with Gasteiger partial charge in [0, 0.05) is 24.2 Å². The Morgan fingerprint density at radius 3 is 2.22 bits per heavy atom. The van der Waals surface area contributed by atoms with Crippen LogP contribution in [0, 0.1) is 11.8 Å². The maximum absolute atomic E-state index is 14.3. The first kappa shape index (κ1) is 33.8. The van der Waals surface area contributed by atoms with Crippen molar-refractivity contribution in [3.8, 4) is 34.5 Å². The Labute approximate surface area is 299 Å². The highest BCUT2D eigenvalue weighted by atomic mass is 32.1. The van der Waals surface area contributed by atoms with Gasteiger partial charge in [-0.15, -0.1) is 0 Å². The number of amides is 2. The number of nitrogens with one attached hydrogen (secondary N) is 2.